The third-order valence-corrected chi connectivity index (χ3v) is 7.11. The normalized spacial score (nSPS) is 13.9. The Balaban J connectivity index is 1.66. The third kappa shape index (κ3) is 8.71. The predicted octanol–water partition coefficient (Wildman–Crippen LogP) is 7.58. The van der Waals surface area contributed by atoms with E-state index in [1.165, 1.54) is 45.4 Å². The summed E-state index contributed by atoms with van der Waals surface area (Å²) in [7, 11) is 0. The molecule has 0 heterocycles. The zero-order valence-corrected chi connectivity index (χ0v) is 21.4. The maximum Gasteiger partial charge on any atom is 0.322 e. The van der Waals surface area contributed by atoms with Gasteiger partial charge in [0.05, 0.1) is 0 Å². The van der Waals surface area contributed by atoms with Gasteiger partial charge in [-0.3, -0.25) is 9.69 Å². The molecule has 0 bridgehead atoms. The van der Waals surface area contributed by atoms with Crippen LogP contribution in [-0.2, 0) is 4.79 Å². The Morgan fingerprint density at radius 2 is 1.71 bits per heavy atom. The summed E-state index contributed by atoms with van der Waals surface area (Å²) >= 11 is 1.60. The van der Waals surface area contributed by atoms with Crippen molar-refractivity contribution in [3.05, 3.63) is 48.5 Å². The van der Waals surface area contributed by atoms with E-state index in [0.717, 1.165) is 47.7 Å². The fraction of sp³-hybridized carbons (Fsp3) is 0.500. The Morgan fingerprint density at radius 3 is 2.41 bits per heavy atom. The van der Waals surface area contributed by atoms with Crippen molar-refractivity contribution >= 4 is 29.4 Å². The molecule has 1 N–H and O–H groups in total. The number of carbonyl (C=O) groups is 2. The van der Waals surface area contributed by atoms with Crippen molar-refractivity contribution in [1.29, 1.82) is 0 Å². The van der Waals surface area contributed by atoms with Gasteiger partial charge in [0.2, 0.25) is 0 Å². The summed E-state index contributed by atoms with van der Waals surface area (Å²) in [5, 5.41) is 3.29. The first kappa shape index (κ1) is 26.1. The van der Waals surface area contributed by atoms with Gasteiger partial charge in [-0.15, -0.1) is 0 Å². The molecule has 184 valence electrons. The lowest BCUT2D eigenvalue weighted by Crippen LogP contribution is -2.46. The molecule has 0 radical (unpaired) electrons. The van der Waals surface area contributed by atoms with Gasteiger partial charge in [-0.25, -0.2) is 4.79 Å². The SMILES string of the molecule is CCCCCCCN(C(=O)NC1CCCCC1)c1ccc(Sc2cccc(OC(C)=O)c2)cc1. The Labute approximate surface area is 208 Å². The molecule has 2 amide bonds. The smallest absolute Gasteiger partial charge is 0.322 e. The van der Waals surface area contributed by atoms with E-state index < -0.39 is 0 Å². The van der Waals surface area contributed by atoms with Crippen LogP contribution >= 0.6 is 11.8 Å². The maximum absolute atomic E-state index is 13.2. The lowest BCUT2D eigenvalue weighted by Gasteiger charge is -2.28. The minimum atomic E-state index is -0.326. The summed E-state index contributed by atoms with van der Waals surface area (Å²) in [4.78, 5) is 28.4. The van der Waals surface area contributed by atoms with Gasteiger partial charge in [0, 0.05) is 35.0 Å². The highest BCUT2D eigenvalue weighted by Gasteiger charge is 2.21. The summed E-state index contributed by atoms with van der Waals surface area (Å²) in [6.45, 7) is 4.35. The van der Waals surface area contributed by atoms with Crippen LogP contribution in [0.4, 0.5) is 10.5 Å². The Kier molecular flexibility index (Phi) is 10.8. The number of rotatable bonds is 11. The topological polar surface area (TPSA) is 58.6 Å². The quantitative estimate of drug-likeness (QED) is 0.204. The van der Waals surface area contributed by atoms with E-state index in [1.54, 1.807) is 17.8 Å². The van der Waals surface area contributed by atoms with Crippen molar-refractivity contribution in [2.45, 2.75) is 93.9 Å². The number of anilines is 1. The molecule has 1 saturated carbocycles. The van der Waals surface area contributed by atoms with Crippen molar-refractivity contribution in [3.63, 3.8) is 0 Å². The summed E-state index contributed by atoms with van der Waals surface area (Å²) in [6.07, 6.45) is 11.7. The van der Waals surface area contributed by atoms with Crippen molar-refractivity contribution in [2.75, 3.05) is 11.4 Å². The molecule has 1 aliphatic rings. The van der Waals surface area contributed by atoms with E-state index in [-0.39, 0.29) is 12.0 Å². The zero-order valence-electron chi connectivity index (χ0n) is 20.6. The number of ether oxygens (including phenoxy) is 1. The second-order valence-electron chi connectivity index (χ2n) is 9.01. The molecule has 0 aliphatic heterocycles. The second kappa shape index (κ2) is 14.1. The highest BCUT2D eigenvalue weighted by Crippen LogP contribution is 2.31. The summed E-state index contributed by atoms with van der Waals surface area (Å²) in [6, 6.07) is 16.0. The number of hydrogen-bond donors (Lipinski definition) is 1. The number of carbonyl (C=O) groups excluding carboxylic acids is 2. The van der Waals surface area contributed by atoms with Crippen molar-refractivity contribution < 1.29 is 14.3 Å². The molecule has 34 heavy (non-hydrogen) atoms. The lowest BCUT2D eigenvalue weighted by molar-refractivity contribution is -0.131. The molecule has 2 aromatic rings. The molecule has 0 saturated heterocycles. The maximum atomic E-state index is 13.2. The van der Waals surface area contributed by atoms with E-state index >= 15 is 0 Å². The fourth-order valence-electron chi connectivity index (χ4n) is 4.32. The number of nitrogens with zero attached hydrogens (tertiary/aromatic N) is 1. The molecule has 5 nitrogen and oxygen atoms in total. The highest BCUT2D eigenvalue weighted by molar-refractivity contribution is 7.99. The molecule has 0 unspecified atom stereocenters. The zero-order chi connectivity index (χ0) is 24.2. The van der Waals surface area contributed by atoms with Gasteiger partial charge in [-0.1, -0.05) is 69.7 Å². The Morgan fingerprint density at radius 1 is 0.971 bits per heavy atom. The van der Waals surface area contributed by atoms with Crippen LogP contribution in [0, 0.1) is 0 Å². The molecule has 1 fully saturated rings. The lowest BCUT2D eigenvalue weighted by atomic mass is 9.96. The van der Waals surface area contributed by atoms with Crippen molar-refractivity contribution in [1.82, 2.24) is 5.32 Å². The first-order valence-electron chi connectivity index (χ1n) is 12.7. The van der Waals surface area contributed by atoms with E-state index in [4.69, 9.17) is 4.74 Å². The van der Waals surface area contributed by atoms with Crippen LogP contribution in [-0.4, -0.2) is 24.6 Å². The van der Waals surface area contributed by atoms with Crippen LogP contribution in [0.1, 0.15) is 78.1 Å². The van der Waals surface area contributed by atoms with Crippen molar-refractivity contribution in [2.24, 2.45) is 0 Å². The second-order valence-corrected chi connectivity index (χ2v) is 10.2. The van der Waals surface area contributed by atoms with Crippen LogP contribution in [0.15, 0.2) is 58.3 Å². The van der Waals surface area contributed by atoms with Gasteiger partial charge < -0.3 is 10.1 Å². The molecular formula is C28H38N2O3S. The largest absolute Gasteiger partial charge is 0.427 e. The average Bonchev–Trinajstić information content (AvgIpc) is 2.82. The number of hydrogen-bond acceptors (Lipinski definition) is 4. The fourth-order valence-corrected chi connectivity index (χ4v) is 5.18. The van der Waals surface area contributed by atoms with E-state index in [1.807, 2.05) is 35.2 Å². The van der Waals surface area contributed by atoms with Gasteiger partial charge in [-0.2, -0.15) is 0 Å². The Bertz CT molecular complexity index is 910. The molecule has 1 aliphatic carbocycles. The van der Waals surface area contributed by atoms with E-state index in [2.05, 4.69) is 24.4 Å². The van der Waals surface area contributed by atoms with Gasteiger partial charge in [-0.05, 0) is 61.7 Å². The standard InChI is InChI=1S/C28H38N2O3S/c1-3-4-5-6-10-20-30(28(32)29-23-12-8-7-9-13-23)24-16-18-26(19-17-24)34-27-15-11-14-25(21-27)33-22(2)31/h11,14-19,21,23H,3-10,12-13,20H2,1-2H3,(H,29,32). The molecular weight excluding hydrogens is 444 g/mol. The Hall–Kier alpha value is -2.47. The highest BCUT2D eigenvalue weighted by atomic mass is 32.2. The summed E-state index contributed by atoms with van der Waals surface area (Å²) < 4.78 is 5.19. The van der Waals surface area contributed by atoms with E-state index in [9.17, 15) is 9.59 Å². The van der Waals surface area contributed by atoms with E-state index in [0.29, 0.717) is 11.8 Å². The molecule has 0 aromatic heterocycles. The number of benzene rings is 2. The molecule has 3 rings (SSSR count). The van der Waals surface area contributed by atoms with Gasteiger partial charge in [0.25, 0.3) is 0 Å². The first-order chi connectivity index (χ1) is 16.5. The van der Waals surface area contributed by atoms with Crippen LogP contribution < -0.4 is 15.0 Å². The van der Waals surface area contributed by atoms with Crippen LogP contribution in [0.25, 0.3) is 0 Å². The summed E-state index contributed by atoms with van der Waals surface area (Å²) in [5.41, 5.74) is 0.932. The number of amides is 2. The molecule has 0 atom stereocenters. The molecule has 0 spiro atoms. The number of urea groups is 1. The van der Waals surface area contributed by atoms with Crippen molar-refractivity contribution in [3.8, 4) is 5.75 Å². The van der Waals surface area contributed by atoms with Crippen LogP contribution in [0.2, 0.25) is 0 Å². The molecule has 6 heteroatoms. The minimum Gasteiger partial charge on any atom is -0.427 e. The van der Waals surface area contributed by atoms with Gasteiger partial charge in [0.1, 0.15) is 5.75 Å². The summed E-state index contributed by atoms with van der Waals surface area (Å²) in [5.74, 6) is 0.218. The van der Waals surface area contributed by atoms with Crippen LogP contribution in [0.5, 0.6) is 5.75 Å². The number of unbranched alkanes of at least 4 members (excludes halogenated alkanes) is 4. The van der Waals surface area contributed by atoms with Gasteiger partial charge >= 0.3 is 12.0 Å². The van der Waals surface area contributed by atoms with Gasteiger partial charge in [0.15, 0.2) is 0 Å². The van der Waals surface area contributed by atoms with Crippen LogP contribution in [0.3, 0.4) is 0 Å². The monoisotopic (exact) mass is 482 g/mol. The third-order valence-electron chi connectivity index (χ3n) is 6.11. The minimum absolute atomic E-state index is 0.0249. The average molecular weight is 483 g/mol. The number of esters is 1. The predicted molar refractivity (Wildman–Crippen MR) is 140 cm³/mol. The number of nitrogens with one attached hydrogen (secondary N) is 1. The molecule has 2 aromatic carbocycles. The first-order valence-corrected chi connectivity index (χ1v) is 13.5.